The van der Waals surface area contributed by atoms with Crippen LogP contribution in [-0.2, 0) is 15.0 Å². The number of hydrogen-bond acceptors (Lipinski definition) is 5. The Bertz CT molecular complexity index is 1170. The molecular weight excluding hydrogens is 530 g/mol. The normalized spacial score (nSPS) is 12.8. The van der Waals surface area contributed by atoms with Gasteiger partial charge in [0, 0.05) is 18.3 Å². The van der Waals surface area contributed by atoms with Crippen molar-refractivity contribution < 1.29 is 46.1 Å². The van der Waals surface area contributed by atoms with Gasteiger partial charge in [-0.15, -0.1) is 0 Å². The maximum Gasteiger partial charge on any atom is 0.411 e. The van der Waals surface area contributed by atoms with Crippen molar-refractivity contribution in [3.63, 3.8) is 0 Å². The van der Waals surface area contributed by atoms with Crippen molar-refractivity contribution in [2.75, 3.05) is 11.1 Å². The number of phenolic OH excluding ortho intramolecular Hbond substituents is 2. The van der Waals surface area contributed by atoms with Crippen molar-refractivity contribution in [3.8, 4) is 11.5 Å². The number of anilines is 2. The number of phenols is 2. The Morgan fingerprint density at radius 1 is 0.769 bits per heavy atom. The molecular formula is C27H32F6N2O4. The number of unbranched alkanes of at least 4 members (excludes halogenated alkanes) is 3. The molecule has 2 aromatic rings. The van der Waals surface area contributed by atoms with Crippen molar-refractivity contribution in [1.29, 1.82) is 0 Å². The van der Waals surface area contributed by atoms with Crippen LogP contribution in [0.3, 0.4) is 0 Å². The summed E-state index contributed by atoms with van der Waals surface area (Å²) in [4.78, 5) is 24.2. The van der Waals surface area contributed by atoms with Gasteiger partial charge in [0.1, 0.15) is 17.3 Å². The highest BCUT2D eigenvalue weighted by atomic mass is 19.4. The Balaban J connectivity index is 2.20. The van der Waals surface area contributed by atoms with Crippen molar-refractivity contribution in [2.45, 2.75) is 77.1 Å². The minimum atomic E-state index is -5.94. The third-order valence-electron chi connectivity index (χ3n) is 6.41. The quantitative estimate of drug-likeness (QED) is 0.108. The van der Waals surface area contributed by atoms with Crippen LogP contribution >= 0.6 is 0 Å². The molecule has 12 heteroatoms. The summed E-state index contributed by atoms with van der Waals surface area (Å²) in [6.07, 6.45) is -9.05. The van der Waals surface area contributed by atoms with E-state index in [0.717, 1.165) is 6.07 Å². The average Bonchev–Trinajstić information content (AvgIpc) is 2.78. The molecule has 0 unspecified atom stereocenters. The summed E-state index contributed by atoms with van der Waals surface area (Å²) in [5.41, 5.74) is -3.18. The second-order valence-corrected chi connectivity index (χ2v) is 10.4. The summed E-state index contributed by atoms with van der Waals surface area (Å²) in [6, 6.07) is 3.05. The Kier molecular flexibility index (Phi) is 9.57. The van der Waals surface area contributed by atoms with Crippen LogP contribution in [-0.4, -0.2) is 34.3 Å². The van der Waals surface area contributed by atoms with E-state index < -0.39 is 57.4 Å². The van der Waals surface area contributed by atoms with Crippen LogP contribution in [0, 0.1) is 5.41 Å². The molecule has 2 rings (SSSR count). The van der Waals surface area contributed by atoms with Crippen molar-refractivity contribution >= 4 is 23.1 Å². The average molecular weight is 563 g/mol. The summed E-state index contributed by atoms with van der Waals surface area (Å²) in [6.45, 7) is 5.49. The Labute approximate surface area is 222 Å². The van der Waals surface area contributed by atoms with Crippen molar-refractivity contribution in [1.82, 2.24) is 0 Å². The van der Waals surface area contributed by atoms with Crippen LogP contribution in [0.2, 0.25) is 0 Å². The highest BCUT2D eigenvalue weighted by Gasteiger charge is 2.72. The number of amides is 1. The van der Waals surface area contributed by atoms with E-state index in [4.69, 9.17) is 5.73 Å². The molecule has 2 aromatic carbocycles. The summed E-state index contributed by atoms with van der Waals surface area (Å²) >= 11 is 0. The predicted octanol–water partition coefficient (Wildman–Crippen LogP) is 6.99. The third kappa shape index (κ3) is 7.15. The first-order valence-corrected chi connectivity index (χ1v) is 12.2. The molecule has 0 bridgehead atoms. The minimum Gasteiger partial charge on any atom is -0.506 e. The molecule has 0 heterocycles. The van der Waals surface area contributed by atoms with Crippen LogP contribution in [0.15, 0.2) is 36.4 Å². The lowest BCUT2D eigenvalue weighted by Gasteiger charge is -2.38. The number of hydrogen-bond donors (Lipinski definition) is 4. The first kappa shape index (κ1) is 31.8. The molecule has 0 spiro atoms. The lowest BCUT2D eigenvalue weighted by atomic mass is 9.72. The number of alkyl halides is 6. The van der Waals surface area contributed by atoms with Gasteiger partial charge >= 0.3 is 12.4 Å². The number of benzene rings is 2. The third-order valence-corrected chi connectivity index (χ3v) is 6.41. The van der Waals surface area contributed by atoms with Gasteiger partial charge in [0.05, 0.1) is 11.4 Å². The molecule has 0 saturated carbocycles. The Hall–Kier alpha value is -3.44. The van der Waals surface area contributed by atoms with E-state index >= 15 is 0 Å². The predicted molar refractivity (Wildman–Crippen MR) is 134 cm³/mol. The van der Waals surface area contributed by atoms with E-state index in [2.05, 4.69) is 5.32 Å². The van der Waals surface area contributed by atoms with Gasteiger partial charge in [-0.1, -0.05) is 45.7 Å². The number of nitrogen functional groups attached to an aromatic ring is 1. The van der Waals surface area contributed by atoms with Gasteiger partial charge in [0.15, 0.2) is 0 Å². The molecule has 39 heavy (non-hydrogen) atoms. The van der Waals surface area contributed by atoms with Gasteiger partial charge in [-0.25, -0.2) is 0 Å². The van der Waals surface area contributed by atoms with E-state index in [9.17, 15) is 46.1 Å². The standard InChI is InChI=1S/C27H32F6N2O4/c1-24(2,3)22(38)8-6-4-5-7-9-23(39)35-19-13-11-17(15-21(19)37)25(26(28,29)30,27(31,32)33)16-10-12-18(34)20(36)14-16/h10-15,36-37H,4-9,34H2,1-3H3,(H,35,39). The summed E-state index contributed by atoms with van der Waals surface area (Å²) in [5.74, 6) is -2.43. The Morgan fingerprint density at radius 3 is 1.72 bits per heavy atom. The smallest absolute Gasteiger partial charge is 0.411 e. The number of aromatic hydroxyl groups is 2. The zero-order chi connectivity index (χ0) is 29.8. The fourth-order valence-electron chi connectivity index (χ4n) is 4.14. The molecule has 0 aliphatic carbocycles. The van der Waals surface area contributed by atoms with E-state index in [1.807, 2.05) is 20.8 Å². The summed E-state index contributed by atoms with van der Waals surface area (Å²) in [7, 11) is 0. The van der Waals surface area contributed by atoms with Crippen molar-refractivity contribution in [3.05, 3.63) is 47.5 Å². The molecule has 0 aliphatic rings. The second-order valence-electron chi connectivity index (χ2n) is 10.4. The van der Waals surface area contributed by atoms with Gasteiger partial charge in [0.2, 0.25) is 11.3 Å². The SMILES string of the molecule is CC(C)(C)C(=O)CCCCCCC(=O)Nc1ccc(C(c2ccc(N)c(O)c2)(C(F)(F)F)C(F)(F)F)cc1O. The van der Waals surface area contributed by atoms with Gasteiger partial charge in [0.25, 0.3) is 0 Å². The van der Waals surface area contributed by atoms with E-state index in [1.54, 1.807) is 0 Å². The molecule has 0 aromatic heterocycles. The molecule has 5 N–H and O–H groups in total. The first-order valence-electron chi connectivity index (χ1n) is 12.2. The fraction of sp³-hybridized carbons (Fsp3) is 0.481. The zero-order valence-electron chi connectivity index (χ0n) is 21.8. The van der Waals surface area contributed by atoms with E-state index in [0.29, 0.717) is 50.3 Å². The topological polar surface area (TPSA) is 113 Å². The maximum atomic E-state index is 14.2. The van der Waals surface area contributed by atoms with Crippen LogP contribution in [0.4, 0.5) is 37.7 Å². The Morgan fingerprint density at radius 2 is 1.26 bits per heavy atom. The number of halogens is 6. The summed E-state index contributed by atoms with van der Waals surface area (Å²) < 4.78 is 85.5. The summed E-state index contributed by atoms with van der Waals surface area (Å²) in [5, 5.41) is 22.3. The van der Waals surface area contributed by atoms with E-state index in [1.165, 1.54) is 0 Å². The molecule has 0 saturated heterocycles. The molecule has 6 nitrogen and oxygen atoms in total. The fourth-order valence-corrected chi connectivity index (χ4v) is 4.14. The highest BCUT2D eigenvalue weighted by molar-refractivity contribution is 5.92. The molecule has 0 atom stereocenters. The first-order chi connectivity index (χ1) is 17.8. The highest BCUT2D eigenvalue weighted by Crippen LogP contribution is 2.57. The van der Waals surface area contributed by atoms with Gasteiger partial charge in [-0.3, -0.25) is 9.59 Å². The molecule has 1 amide bonds. The number of carbonyl (C=O) groups is 2. The molecule has 0 fully saturated rings. The van der Waals surface area contributed by atoms with Crippen LogP contribution in [0.5, 0.6) is 11.5 Å². The number of rotatable bonds is 10. The van der Waals surface area contributed by atoms with Crippen LogP contribution in [0.1, 0.15) is 70.4 Å². The van der Waals surface area contributed by atoms with Gasteiger partial charge < -0.3 is 21.3 Å². The second kappa shape index (κ2) is 11.7. The lowest BCUT2D eigenvalue weighted by molar-refractivity contribution is -0.288. The van der Waals surface area contributed by atoms with E-state index in [-0.39, 0.29) is 30.0 Å². The number of nitrogens with two attached hydrogens (primary N) is 1. The van der Waals surface area contributed by atoms with Crippen LogP contribution in [0.25, 0.3) is 0 Å². The molecule has 0 aliphatic heterocycles. The molecule has 216 valence electrons. The maximum absolute atomic E-state index is 14.2. The van der Waals surface area contributed by atoms with Crippen molar-refractivity contribution in [2.24, 2.45) is 5.41 Å². The minimum absolute atomic E-state index is 0.00579. The monoisotopic (exact) mass is 562 g/mol. The lowest BCUT2D eigenvalue weighted by Crippen LogP contribution is -2.54. The van der Waals surface area contributed by atoms with Gasteiger partial charge in [-0.05, 0) is 48.2 Å². The number of ketones is 1. The number of nitrogens with one attached hydrogen (secondary N) is 1. The number of carbonyl (C=O) groups excluding carboxylic acids is 2. The zero-order valence-corrected chi connectivity index (χ0v) is 21.8. The van der Waals surface area contributed by atoms with Gasteiger partial charge in [-0.2, -0.15) is 26.3 Å². The number of Topliss-reactive ketones (excluding diaryl/α,β-unsaturated/α-hetero) is 1. The van der Waals surface area contributed by atoms with Crippen LogP contribution < -0.4 is 11.1 Å². The molecule has 0 radical (unpaired) electrons. The largest absolute Gasteiger partial charge is 0.506 e.